The summed E-state index contributed by atoms with van der Waals surface area (Å²) in [5, 5.41) is 9.15. The van der Waals surface area contributed by atoms with Crippen molar-refractivity contribution in [2.24, 2.45) is 0 Å². The van der Waals surface area contributed by atoms with Crippen LogP contribution >= 0.6 is 11.3 Å². The van der Waals surface area contributed by atoms with E-state index in [0.29, 0.717) is 16.8 Å². The van der Waals surface area contributed by atoms with Crippen molar-refractivity contribution >= 4 is 33.3 Å². The minimum Gasteiger partial charge on any atom is -0.477 e. The summed E-state index contributed by atoms with van der Waals surface area (Å²) in [6, 6.07) is 9.74. The maximum absolute atomic E-state index is 11.2. The average Bonchev–Trinajstić information content (AvgIpc) is 2.83. The number of nitrogens with two attached hydrogens (primary N) is 1. The third-order valence-electron chi connectivity index (χ3n) is 3.21. The van der Waals surface area contributed by atoms with E-state index in [9.17, 15) is 4.79 Å². The fraction of sp³-hybridized carbons (Fsp3) is 0.133. The lowest BCUT2D eigenvalue weighted by atomic mass is 10.1. The van der Waals surface area contributed by atoms with Crippen molar-refractivity contribution in [3.8, 4) is 11.3 Å². The van der Waals surface area contributed by atoms with Gasteiger partial charge in [0, 0.05) is 5.56 Å². The topological polar surface area (TPSA) is 89.1 Å². The number of carboxylic acid groups (broad SMARTS) is 1. The van der Waals surface area contributed by atoms with Gasteiger partial charge in [-0.15, -0.1) is 11.3 Å². The SMILES string of the molecule is CCc1nc2c(N)c(C(=O)O)sc2nc1-c1ccccc1. The number of hydrogen-bond donors (Lipinski definition) is 2. The molecule has 5 nitrogen and oxygen atoms in total. The number of benzene rings is 1. The molecule has 0 saturated heterocycles. The largest absolute Gasteiger partial charge is 0.477 e. The predicted molar refractivity (Wildman–Crippen MR) is 83.6 cm³/mol. The molecule has 0 atom stereocenters. The van der Waals surface area contributed by atoms with Crippen molar-refractivity contribution in [1.29, 1.82) is 0 Å². The monoisotopic (exact) mass is 299 g/mol. The van der Waals surface area contributed by atoms with Gasteiger partial charge in [-0.25, -0.2) is 14.8 Å². The Labute approximate surface area is 125 Å². The van der Waals surface area contributed by atoms with E-state index in [1.54, 1.807) is 0 Å². The molecule has 6 heteroatoms. The second-order valence-corrected chi connectivity index (χ2v) is 5.54. The normalized spacial score (nSPS) is 10.9. The molecule has 0 unspecified atom stereocenters. The first-order valence-corrected chi connectivity index (χ1v) is 7.31. The molecule has 0 fully saturated rings. The van der Waals surface area contributed by atoms with Crippen LogP contribution in [-0.4, -0.2) is 21.0 Å². The number of hydrogen-bond acceptors (Lipinski definition) is 5. The van der Waals surface area contributed by atoms with E-state index in [1.165, 1.54) is 0 Å². The van der Waals surface area contributed by atoms with Crippen LogP contribution < -0.4 is 5.73 Å². The van der Waals surface area contributed by atoms with E-state index in [0.717, 1.165) is 28.3 Å². The zero-order valence-corrected chi connectivity index (χ0v) is 12.1. The maximum atomic E-state index is 11.2. The van der Waals surface area contributed by atoms with Gasteiger partial charge in [0.25, 0.3) is 0 Å². The summed E-state index contributed by atoms with van der Waals surface area (Å²) in [7, 11) is 0. The first-order chi connectivity index (χ1) is 10.1. The van der Waals surface area contributed by atoms with Gasteiger partial charge in [-0.1, -0.05) is 37.3 Å². The maximum Gasteiger partial charge on any atom is 0.348 e. The molecular formula is C15H13N3O2S. The Kier molecular flexibility index (Phi) is 3.31. The molecule has 0 saturated carbocycles. The van der Waals surface area contributed by atoms with Crippen molar-refractivity contribution in [2.45, 2.75) is 13.3 Å². The van der Waals surface area contributed by atoms with E-state index in [-0.39, 0.29) is 10.6 Å². The lowest BCUT2D eigenvalue weighted by molar-refractivity contribution is 0.0703. The van der Waals surface area contributed by atoms with Crippen LogP contribution in [0.3, 0.4) is 0 Å². The Morgan fingerprint density at radius 2 is 2.00 bits per heavy atom. The van der Waals surface area contributed by atoms with Crippen LogP contribution in [0.1, 0.15) is 22.3 Å². The standard InChI is InChI=1S/C15H13N3O2S/c1-2-9-11(8-6-4-3-5-7-8)18-14-12(17-9)10(16)13(21-14)15(19)20/h3-7H,2,16H2,1H3,(H,19,20). The third kappa shape index (κ3) is 2.23. The fourth-order valence-electron chi connectivity index (χ4n) is 2.19. The number of fused-ring (bicyclic) bond motifs is 1. The molecule has 2 aromatic heterocycles. The second kappa shape index (κ2) is 5.14. The van der Waals surface area contributed by atoms with Crippen LogP contribution in [0, 0.1) is 0 Å². The molecule has 0 aliphatic carbocycles. The number of thiophene rings is 1. The summed E-state index contributed by atoms with van der Waals surface area (Å²) < 4.78 is 0. The second-order valence-electron chi connectivity index (χ2n) is 4.54. The highest BCUT2D eigenvalue weighted by Gasteiger charge is 2.19. The van der Waals surface area contributed by atoms with Gasteiger partial charge in [-0.2, -0.15) is 0 Å². The molecule has 106 valence electrons. The zero-order valence-electron chi connectivity index (χ0n) is 11.3. The highest BCUT2D eigenvalue weighted by Crippen LogP contribution is 2.34. The molecule has 0 aliphatic heterocycles. The average molecular weight is 299 g/mol. The van der Waals surface area contributed by atoms with E-state index < -0.39 is 5.97 Å². The predicted octanol–water partition coefficient (Wildman–Crippen LogP) is 3.20. The molecule has 0 spiro atoms. The van der Waals surface area contributed by atoms with Gasteiger partial charge in [0.05, 0.1) is 17.1 Å². The van der Waals surface area contributed by atoms with Crippen LogP contribution in [0.5, 0.6) is 0 Å². The van der Waals surface area contributed by atoms with E-state index >= 15 is 0 Å². The smallest absolute Gasteiger partial charge is 0.348 e. The highest BCUT2D eigenvalue weighted by atomic mass is 32.1. The number of nitrogens with zero attached hydrogens (tertiary/aromatic N) is 2. The third-order valence-corrected chi connectivity index (χ3v) is 4.29. The van der Waals surface area contributed by atoms with Gasteiger partial charge < -0.3 is 10.8 Å². The van der Waals surface area contributed by atoms with Crippen LogP contribution in [0.4, 0.5) is 5.69 Å². The summed E-state index contributed by atoms with van der Waals surface area (Å²) in [6.07, 6.45) is 0.699. The number of rotatable bonds is 3. The number of nitrogen functional groups attached to an aromatic ring is 1. The highest BCUT2D eigenvalue weighted by molar-refractivity contribution is 7.21. The lowest BCUT2D eigenvalue weighted by Crippen LogP contribution is -1.99. The fourth-order valence-corrected chi connectivity index (χ4v) is 3.07. The van der Waals surface area contributed by atoms with Crippen LogP contribution in [0.25, 0.3) is 21.6 Å². The van der Waals surface area contributed by atoms with Crippen LogP contribution in [0.15, 0.2) is 30.3 Å². The molecule has 3 rings (SSSR count). The molecule has 0 aliphatic rings. The van der Waals surface area contributed by atoms with Gasteiger partial charge in [0.1, 0.15) is 15.2 Å². The summed E-state index contributed by atoms with van der Waals surface area (Å²) in [5.74, 6) is -1.04. The molecule has 1 aromatic carbocycles. The first kappa shape index (κ1) is 13.5. The minimum atomic E-state index is -1.04. The Morgan fingerprint density at radius 1 is 1.29 bits per heavy atom. The minimum absolute atomic E-state index is 0.0947. The zero-order chi connectivity index (χ0) is 15.0. The quantitative estimate of drug-likeness (QED) is 0.775. The molecule has 3 N–H and O–H groups in total. The molecule has 21 heavy (non-hydrogen) atoms. The number of carbonyl (C=O) groups is 1. The number of carboxylic acids is 1. The molecule has 0 radical (unpaired) electrons. The number of aromatic carboxylic acids is 1. The van der Waals surface area contributed by atoms with Crippen LogP contribution in [-0.2, 0) is 6.42 Å². The van der Waals surface area contributed by atoms with Gasteiger partial charge in [-0.05, 0) is 6.42 Å². The summed E-state index contributed by atoms with van der Waals surface area (Å²) in [5.41, 5.74) is 9.12. The Morgan fingerprint density at radius 3 is 2.62 bits per heavy atom. The number of anilines is 1. The molecule has 3 aromatic rings. The Bertz CT molecular complexity index is 828. The van der Waals surface area contributed by atoms with Crippen molar-refractivity contribution in [3.63, 3.8) is 0 Å². The van der Waals surface area contributed by atoms with Crippen molar-refractivity contribution < 1.29 is 9.90 Å². The van der Waals surface area contributed by atoms with E-state index in [4.69, 9.17) is 10.8 Å². The summed E-state index contributed by atoms with van der Waals surface area (Å²) in [4.78, 5) is 21.0. The molecule has 0 bridgehead atoms. The van der Waals surface area contributed by atoms with Gasteiger partial charge in [-0.3, -0.25) is 0 Å². The Balaban J connectivity index is 2.29. The Hall–Kier alpha value is -2.47. The van der Waals surface area contributed by atoms with Crippen molar-refractivity contribution in [3.05, 3.63) is 40.9 Å². The molecular weight excluding hydrogens is 286 g/mol. The van der Waals surface area contributed by atoms with Crippen molar-refractivity contribution in [2.75, 3.05) is 5.73 Å². The number of aromatic nitrogens is 2. The molecule has 0 amide bonds. The van der Waals surface area contributed by atoms with Crippen molar-refractivity contribution in [1.82, 2.24) is 9.97 Å². The summed E-state index contributed by atoms with van der Waals surface area (Å²) >= 11 is 1.06. The first-order valence-electron chi connectivity index (χ1n) is 6.49. The van der Waals surface area contributed by atoms with E-state index in [1.807, 2.05) is 37.3 Å². The van der Waals surface area contributed by atoms with Gasteiger partial charge >= 0.3 is 5.97 Å². The van der Waals surface area contributed by atoms with E-state index in [2.05, 4.69) is 9.97 Å². The van der Waals surface area contributed by atoms with Crippen LogP contribution in [0.2, 0.25) is 0 Å². The molecule has 2 heterocycles. The van der Waals surface area contributed by atoms with Gasteiger partial charge in [0.2, 0.25) is 0 Å². The lowest BCUT2D eigenvalue weighted by Gasteiger charge is -2.06. The summed E-state index contributed by atoms with van der Waals surface area (Å²) in [6.45, 7) is 1.99. The van der Waals surface area contributed by atoms with Gasteiger partial charge in [0.15, 0.2) is 0 Å². The number of aryl methyl sites for hydroxylation is 1.